The molecule has 0 aromatic heterocycles. The van der Waals surface area contributed by atoms with E-state index in [9.17, 15) is 9.59 Å². The third-order valence-electron chi connectivity index (χ3n) is 3.01. The normalized spacial score (nSPS) is 26.1. The van der Waals surface area contributed by atoms with Crippen molar-refractivity contribution in [1.29, 1.82) is 0 Å². The Labute approximate surface area is 113 Å². The number of carbonyl (C=O) groups is 2. The van der Waals surface area contributed by atoms with E-state index >= 15 is 0 Å². The van der Waals surface area contributed by atoms with Crippen molar-refractivity contribution in [3.63, 3.8) is 0 Å². The number of imide groups is 1. The van der Waals surface area contributed by atoms with E-state index in [0.29, 0.717) is 18.8 Å². The number of rotatable bonds is 4. The first-order chi connectivity index (χ1) is 7.36. The Hall–Kier alpha value is -0.100. The Morgan fingerprint density at radius 2 is 1.88 bits per heavy atom. The molecule has 92 valence electrons. The average molecular weight is 356 g/mol. The maximum absolute atomic E-state index is 12.1. The summed E-state index contributed by atoms with van der Waals surface area (Å²) in [7, 11) is 0. The van der Waals surface area contributed by atoms with Crippen LogP contribution in [0.15, 0.2) is 0 Å². The minimum absolute atomic E-state index is 0.183. The van der Waals surface area contributed by atoms with E-state index in [1.807, 2.05) is 6.92 Å². The van der Waals surface area contributed by atoms with Crippen LogP contribution in [0.4, 0.5) is 4.79 Å². The topological polar surface area (TPSA) is 40.6 Å². The van der Waals surface area contributed by atoms with E-state index in [0.717, 1.165) is 10.3 Å². The molecule has 0 aliphatic carbocycles. The predicted octanol–water partition coefficient (Wildman–Crippen LogP) is 3.46. The molecule has 1 fully saturated rings. The number of nitrogens with zero attached hydrogens (tertiary/aromatic N) is 2. The van der Waals surface area contributed by atoms with Gasteiger partial charge in [-0.15, -0.1) is 0 Å². The van der Waals surface area contributed by atoms with Gasteiger partial charge >= 0.3 is 6.03 Å². The van der Waals surface area contributed by atoms with Crippen LogP contribution >= 0.6 is 32.3 Å². The first-order valence-electron chi connectivity index (χ1n) is 5.37. The highest BCUT2D eigenvalue weighted by Gasteiger charge is 2.55. The van der Waals surface area contributed by atoms with Crippen molar-refractivity contribution in [3.05, 3.63) is 0 Å². The lowest BCUT2D eigenvalue weighted by molar-refractivity contribution is -0.129. The van der Waals surface area contributed by atoms with Crippen LogP contribution in [0, 0.1) is 5.92 Å². The number of hydrogen-bond acceptors (Lipinski definition) is 2. The van der Waals surface area contributed by atoms with E-state index in [1.54, 1.807) is 0 Å². The van der Waals surface area contributed by atoms with Gasteiger partial charge in [-0.3, -0.25) is 4.79 Å². The zero-order valence-corrected chi connectivity index (χ0v) is 12.8. The molecule has 4 nitrogen and oxygen atoms in total. The van der Waals surface area contributed by atoms with Gasteiger partial charge in [0.2, 0.25) is 0 Å². The summed E-state index contributed by atoms with van der Waals surface area (Å²) < 4.78 is 2.38. The lowest BCUT2D eigenvalue weighted by Crippen LogP contribution is -2.44. The van der Waals surface area contributed by atoms with E-state index in [1.165, 1.54) is 3.93 Å². The molecule has 0 aromatic carbocycles. The van der Waals surface area contributed by atoms with Gasteiger partial charge in [0, 0.05) is 0 Å². The van der Waals surface area contributed by atoms with Crippen molar-refractivity contribution < 1.29 is 9.59 Å². The van der Waals surface area contributed by atoms with Gasteiger partial charge in [-0.25, -0.2) is 8.72 Å². The lowest BCUT2D eigenvalue weighted by Gasteiger charge is -2.30. The van der Waals surface area contributed by atoms with Crippen molar-refractivity contribution >= 4 is 44.2 Å². The molecule has 1 unspecified atom stereocenters. The van der Waals surface area contributed by atoms with Gasteiger partial charge in [0.15, 0.2) is 0 Å². The lowest BCUT2D eigenvalue weighted by atomic mass is 9.88. The molecule has 16 heavy (non-hydrogen) atoms. The second-order valence-electron chi connectivity index (χ2n) is 4.47. The maximum Gasteiger partial charge on any atom is 0.348 e. The largest absolute Gasteiger partial charge is 0.348 e. The van der Waals surface area contributed by atoms with E-state index < -0.39 is 5.54 Å². The highest BCUT2D eigenvalue weighted by atomic mass is 79.9. The third-order valence-corrected chi connectivity index (χ3v) is 4.62. The summed E-state index contributed by atoms with van der Waals surface area (Å²) >= 11 is 6.21. The first kappa shape index (κ1) is 14.0. The molecule has 0 bridgehead atoms. The molecule has 1 heterocycles. The van der Waals surface area contributed by atoms with Crippen LogP contribution in [0.3, 0.4) is 0 Å². The molecule has 0 spiro atoms. The molecule has 1 saturated heterocycles. The molecule has 1 aliphatic heterocycles. The SMILES string of the molecule is CCC1(CCC(C)C)C(=O)N(Br)C(=O)N1Br. The molecule has 1 atom stereocenters. The molecule has 1 rings (SSSR count). The third kappa shape index (κ3) is 2.14. The van der Waals surface area contributed by atoms with E-state index in [2.05, 4.69) is 46.1 Å². The summed E-state index contributed by atoms with van der Waals surface area (Å²) in [4.78, 5) is 23.8. The monoisotopic (exact) mass is 354 g/mol. The number of urea groups is 1. The van der Waals surface area contributed by atoms with Gasteiger partial charge in [-0.05, 0) is 25.2 Å². The van der Waals surface area contributed by atoms with Gasteiger partial charge in [-0.1, -0.05) is 20.8 Å². The summed E-state index contributed by atoms with van der Waals surface area (Å²) in [5.41, 5.74) is -0.731. The van der Waals surface area contributed by atoms with Gasteiger partial charge < -0.3 is 0 Å². The van der Waals surface area contributed by atoms with Gasteiger partial charge in [-0.2, -0.15) is 3.93 Å². The van der Waals surface area contributed by atoms with Crippen LogP contribution in [0.5, 0.6) is 0 Å². The highest BCUT2D eigenvalue weighted by molar-refractivity contribution is 9.08. The molecule has 6 heteroatoms. The number of amides is 3. The van der Waals surface area contributed by atoms with Gasteiger partial charge in [0.25, 0.3) is 5.91 Å². The highest BCUT2D eigenvalue weighted by Crippen LogP contribution is 2.39. The summed E-state index contributed by atoms with van der Waals surface area (Å²) in [5, 5.41) is 0. The van der Waals surface area contributed by atoms with Crippen LogP contribution < -0.4 is 0 Å². The Kier molecular flexibility index (Phi) is 4.40. The quantitative estimate of drug-likeness (QED) is 0.572. The number of hydrogen-bond donors (Lipinski definition) is 0. The fourth-order valence-corrected chi connectivity index (χ4v) is 3.25. The second-order valence-corrected chi connectivity index (χ2v) is 5.89. The molecular formula is C10H16Br2N2O2. The Morgan fingerprint density at radius 3 is 2.19 bits per heavy atom. The predicted molar refractivity (Wildman–Crippen MR) is 69.0 cm³/mol. The number of halogens is 2. The zero-order chi connectivity index (χ0) is 12.5. The molecule has 3 amide bonds. The van der Waals surface area contributed by atoms with Crippen LogP contribution in [-0.2, 0) is 4.79 Å². The fraction of sp³-hybridized carbons (Fsp3) is 0.800. The minimum Gasteiger partial charge on any atom is -0.271 e. The van der Waals surface area contributed by atoms with Crippen LogP contribution in [0.25, 0.3) is 0 Å². The minimum atomic E-state index is -0.731. The van der Waals surface area contributed by atoms with Crippen molar-refractivity contribution in [1.82, 2.24) is 7.85 Å². The molecule has 0 aromatic rings. The van der Waals surface area contributed by atoms with Crippen LogP contribution in [-0.4, -0.2) is 25.3 Å². The second kappa shape index (κ2) is 5.04. The van der Waals surface area contributed by atoms with Crippen molar-refractivity contribution in [2.24, 2.45) is 5.92 Å². The molecule has 0 radical (unpaired) electrons. The molecule has 1 aliphatic rings. The zero-order valence-electron chi connectivity index (χ0n) is 9.67. The van der Waals surface area contributed by atoms with Crippen LogP contribution in [0.2, 0.25) is 0 Å². The Bertz CT molecular complexity index is 309. The van der Waals surface area contributed by atoms with Gasteiger partial charge in [0.05, 0.1) is 32.3 Å². The van der Waals surface area contributed by atoms with E-state index in [-0.39, 0.29) is 11.9 Å². The maximum atomic E-state index is 12.1. The van der Waals surface area contributed by atoms with Gasteiger partial charge in [0.1, 0.15) is 5.54 Å². The van der Waals surface area contributed by atoms with Crippen molar-refractivity contribution in [3.8, 4) is 0 Å². The van der Waals surface area contributed by atoms with Crippen molar-refractivity contribution in [2.75, 3.05) is 0 Å². The standard InChI is InChI=1S/C10H16Br2N2O2/c1-4-10(6-5-7(2)3)8(15)13(11)9(16)14(10)12/h7H,4-6H2,1-3H3. The van der Waals surface area contributed by atoms with Crippen molar-refractivity contribution in [2.45, 2.75) is 45.6 Å². The molecular weight excluding hydrogens is 340 g/mol. The van der Waals surface area contributed by atoms with Crippen LogP contribution in [0.1, 0.15) is 40.0 Å². The summed E-state index contributed by atoms with van der Waals surface area (Å²) in [5.74, 6) is 0.328. The van der Waals surface area contributed by atoms with E-state index in [4.69, 9.17) is 0 Å². The summed E-state index contributed by atoms with van der Waals surface area (Å²) in [6.07, 6.45) is 2.20. The number of carbonyl (C=O) groups excluding carboxylic acids is 2. The molecule has 0 N–H and O–H groups in total. The fourth-order valence-electron chi connectivity index (χ4n) is 1.81. The smallest absolute Gasteiger partial charge is 0.271 e. The Balaban J connectivity index is 2.94. The first-order valence-corrected chi connectivity index (χ1v) is 6.79. The molecule has 0 saturated carbocycles. The Morgan fingerprint density at radius 1 is 1.31 bits per heavy atom. The summed E-state index contributed by atoms with van der Waals surface area (Å²) in [6.45, 7) is 6.14. The average Bonchev–Trinajstić information content (AvgIpc) is 2.41. The summed E-state index contributed by atoms with van der Waals surface area (Å²) in [6, 6.07) is -0.351.